The van der Waals surface area contributed by atoms with E-state index < -0.39 is 18.2 Å². The highest BCUT2D eigenvalue weighted by Gasteiger charge is 2.24. The molecule has 0 aliphatic carbocycles. The van der Waals surface area contributed by atoms with E-state index in [9.17, 15) is 19.8 Å². The van der Waals surface area contributed by atoms with Crippen LogP contribution in [0.2, 0.25) is 0 Å². The van der Waals surface area contributed by atoms with Crippen LogP contribution in [0.3, 0.4) is 0 Å². The van der Waals surface area contributed by atoms with Gasteiger partial charge in [-0.25, -0.2) is 0 Å². The number of aliphatic hydroxyl groups is 2. The minimum Gasteiger partial charge on any atom is -0.462 e. The summed E-state index contributed by atoms with van der Waals surface area (Å²) in [5.74, 6) is -0.591. The first-order valence-corrected chi connectivity index (χ1v) is 26.0. The average molecular weight is 854 g/mol. The van der Waals surface area contributed by atoms with Crippen molar-refractivity contribution in [2.75, 3.05) is 6.61 Å². The molecule has 6 nitrogen and oxygen atoms in total. The molecule has 3 atom stereocenters. The predicted molar refractivity (Wildman–Crippen MR) is 264 cm³/mol. The van der Waals surface area contributed by atoms with Crippen LogP contribution in [0, 0.1) is 0 Å². The third kappa shape index (κ3) is 44.0. The van der Waals surface area contributed by atoms with E-state index in [1.165, 1.54) is 135 Å². The van der Waals surface area contributed by atoms with E-state index in [2.05, 4.69) is 80.8 Å². The fourth-order valence-corrected chi connectivity index (χ4v) is 7.61. The maximum atomic E-state index is 13.2. The summed E-state index contributed by atoms with van der Waals surface area (Å²) < 4.78 is 5.87. The summed E-state index contributed by atoms with van der Waals surface area (Å²) in [4.78, 5) is 26.1. The lowest BCUT2D eigenvalue weighted by molar-refractivity contribution is -0.150. The number of ether oxygens (including phenoxy) is 1. The zero-order chi connectivity index (χ0) is 44.5. The van der Waals surface area contributed by atoms with Crippen LogP contribution in [-0.4, -0.2) is 46.9 Å². The third-order valence-corrected chi connectivity index (χ3v) is 11.6. The second-order valence-corrected chi connectivity index (χ2v) is 17.6. The van der Waals surface area contributed by atoms with E-state index in [4.69, 9.17) is 4.74 Å². The molecule has 0 aliphatic rings. The molecular formula is C55H99NO5. The van der Waals surface area contributed by atoms with E-state index in [0.29, 0.717) is 19.3 Å². The largest absolute Gasteiger partial charge is 0.462 e. The number of hydrogen-bond acceptors (Lipinski definition) is 5. The van der Waals surface area contributed by atoms with Gasteiger partial charge in [-0.05, 0) is 83.5 Å². The second-order valence-electron chi connectivity index (χ2n) is 17.6. The molecule has 3 N–H and O–H groups in total. The summed E-state index contributed by atoms with van der Waals surface area (Å²) in [5.41, 5.74) is 0. The zero-order valence-electron chi connectivity index (χ0n) is 40.3. The number of amides is 1. The lowest BCUT2D eigenvalue weighted by atomic mass is 10.0. The van der Waals surface area contributed by atoms with Crippen molar-refractivity contribution < 1.29 is 24.5 Å². The van der Waals surface area contributed by atoms with Crippen LogP contribution in [0.1, 0.15) is 252 Å². The van der Waals surface area contributed by atoms with Crippen LogP contribution in [0.15, 0.2) is 60.8 Å². The maximum absolute atomic E-state index is 13.2. The Morgan fingerprint density at radius 3 is 1.31 bits per heavy atom. The molecular weight excluding hydrogens is 755 g/mol. The van der Waals surface area contributed by atoms with Gasteiger partial charge in [0.2, 0.25) is 5.91 Å². The number of rotatable bonds is 46. The Kier molecular flexibility index (Phi) is 46.6. The smallest absolute Gasteiger partial charge is 0.306 e. The van der Waals surface area contributed by atoms with Crippen molar-refractivity contribution in [3.8, 4) is 0 Å². The van der Waals surface area contributed by atoms with Crippen molar-refractivity contribution in [3.63, 3.8) is 0 Å². The van der Waals surface area contributed by atoms with Gasteiger partial charge < -0.3 is 20.3 Å². The first-order chi connectivity index (χ1) is 30.0. The zero-order valence-corrected chi connectivity index (χ0v) is 40.3. The number of nitrogens with one attached hydrogen (secondary N) is 1. The second kappa shape index (κ2) is 48.6. The van der Waals surface area contributed by atoms with Gasteiger partial charge >= 0.3 is 5.97 Å². The minimum atomic E-state index is -0.807. The van der Waals surface area contributed by atoms with Crippen molar-refractivity contribution in [1.29, 1.82) is 0 Å². The Morgan fingerprint density at radius 2 is 0.836 bits per heavy atom. The summed E-state index contributed by atoms with van der Waals surface area (Å²) in [6, 6.07) is -0.725. The normalized spacial score (nSPS) is 13.7. The van der Waals surface area contributed by atoms with E-state index in [1.54, 1.807) is 0 Å². The number of hydrogen-bond donors (Lipinski definition) is 3. The van der Waals surface area contributed by atoms with E-state index >= 15 is 0 Å². The van der Waals surface area contributed by atoms with Gasteiger partial charge in [0.05, 0.1) is 25.2 Å². The molecule has 0 rings (SSSR count). The van der Waals surface area contributed by atoms with Crippen molar-refractivity contribution >= 4 is 11.9 Å². The summed E-state index contributed by atoms with van der Waals surface area (Å²) in [5, 5.41) is 23.8. The fraction of sp³-hybridized carbons (Fsp3) is 0.782. The Labute approximate surface area is 378 Å². The van der Waals surface area contributed by atoms with Gasteiger partial charge in [0, 0.05) is 6.42 Å². The van der Waals surface area contributed by atoms with Crippen LogP contribution in [-0.2, 0) is 14.3 Å². The molecule has 0 spiro atoms. The summed E-state index contributed by atoms with van der Waals surface area (Å²) in [6.07, 6.45) is 60.0. The van der Waals surface area contributed by atoms with Gasteiger partial charge in [-0.2, -0.15) is 0 Å². The maximum Gasteiger partial charge on any atom is 0.306 e. The number of carbonyl (C=O) groups excluding carboxylic acids is 2. The molecule has 3 unspecified atom stereocenters. The topological polar surface area (TPSA) is 95.9 Å². The van der Waals surface area contributed by atoms with Gasteiger partial charge in [0.15, 0.2) is 0 Å². The van der Waals surface area contributed by atoms with Crippen LogP contribution in [0.25, 0.3) is 0 Å². The average Bonchev–Trinajstić information content (AvgIpc) is 3.25. The molecule has 6 heteroatoms. The first-order valence-electron chi connectivity index (χ1n) is 26.0. The van der Waals surface area contributed by atoms with E-state index in [-0.39, 0.29) is 31.3 Å². The summed E-state index contributed by atoms with van der Waals surface area (Å²) >= 11 is 0. The standard InChI is InChI=1S/C55H99NO5/c1-4-7-10-13-16-19-22-25-27-29-31-34-37-40-43-46-51(61-55(60)48-45-42-39-36-33-28-24-21-18-15-12-9-6-3)49-54(59)56-52(50-57)53(58)47-44-41-38-35-32-30-26-23-20-17-14-11-8-5-2/h16,19,25,27-28,31,33-34,39,42,51-53,57-58H,4-15,17-18,20-24,26,29-30,32,35-38,40-41,43-50H2,1-3H3,(H,56,59)/b19-16-,27-25-,33-28-,34-31-,42-39+. The molecule has 0 saturated heterocycles. The van der Waals surface area contributed by atoms with E-state index in [0.717, 1.165) is 64.2 Å². The van der Waals surface area contributed by atoms with Gasteiger partial charge in [0.1, 0.15) is 6.10 Å². The number of carbonyl (C=O) groups is 2. The molecule has 0 saturated carbocycles. The van der Waals surface area contributed by atoms with E-state index in [1.807, 2.05) is 6.08 Å². The number of unbranched alkanes of at least 4 members (excludes halogenated alkanes) is 24. The molecule has 0 aromatic heterocycles. The van der Waals surface area contributed by atoms with Crippen molar-refractivity contribution in [3.05, 3.63) is 60.8 Å². The minimum absolute atomic E-state index is 0.0285. The highest BCUT2D eigenvalue weighted by Crippen LogP contribution is 2.17. The molecule has 0 bridgehead atoms. The van der Waals surface area contributed by atoms with Crippen LogP contribution in [0.5, 0.6) is 0 Å². The first kappa shape index (κ1) is 58.6. The van der Waals surface area contributed by atoms with Crippen LogP contribution >= 0.6 is 0 Å². The molecule has 0 heterocycles. The van der Waals surface area contributed by atoms with Crippen molar-refractivity contribution in [2.24, 2.45) is 0 Å². The van der Waals surface area contributed by atoms with Gasteiger partial charge in [-0.3, -0.25) is 9.59 Å². The predicted octanol–water partition coefficient (Wildman–Crippen LogP) is 15.6. The Morgan fingerprint density at radius 1 is 0.475 bits per heavy atom. The highest BCUT2D eigenvalue weighted by molar-refractivity contribution is 5.77. The molecule has 0 aromatic carbocycles. The molecule has 0 aliphatic heterocycles. The number of esters is 1. The quantitative estimate of drug-likeness (QED) is 0.0322. The number of aliphatic hydroxyl groups excluding tert-OH is 2. The Bertz CT molecular complexity index is 1090. The van der Waals surface area contributed by atoms with Gasteiger partial charge in [-0.1, -0.05) is 216 Å². The molecule has 354 valence electrons. The fourth-order valence-electron chi connectivity index (χ4n) is 7.61. The van der Waals surface area contributed by atoms with Crippen LogP contribution in [0.4, 0.5) is 0 Å². The Hall–Kier alpha value is -2.44. The van der Waals surface area contributed by atoms with Crippen molar-refractivity contribution in [2.45, 2.75) is 270 Å². The molecule has 0 aromatic rings. The SMILES string of the molecule is CCCCC/C=C\C/C=C\C/C=C\CCCCC(CC(=O)NC(CO)C(O)CCCCCCCCCCCCCCCC)OC(=O)CC/C=C/C/C=C\CCCCCCCC. The summed E-state index contributed by atoms with van der Waals surface area (Å²) in [6.45, 7) is 6.42. The van der Waals surface area contributed by atoms with Gasteiger partial charge in [0.25, 0.3) is 0 Å². The molecule has 61 heavy (non-hydrogen) atoms. The Balaban J connectivity index is 4.71. The van der Waals surface area contributed by atoms with Crippen LogP contribution < -0.4 is 5.32 Å². The lowest BCUT2D eigenvalue weighted by Crippen LogP contribution is -2.46. The molecule has 1 amide bonds. The third-order valence-electron chi connectivity index (χ3n) is 11.6. The number of allylic oxidation sites excluding steroid dienone is 10. The summed E-state index contributed by atoms with van der Waals surface area (Å²) in [7, 11) is 0. The highest BCUT2D eigenvalue weighted by atomic mass is 16.5. The van der Waals surface area contributed by atoms with Gasteiger partial charge in [-0.15, -0.1) is 0 Å². The van der Waals surface area contributed by atoms with Crippen molar-refractivity contribution in [1.82, 2.24) is 5.32 Å². The monoisotopic (exact) mass is 854 g/mol. The molecule has 0 radical (unpaired) electrons. The lowest BCUT2D eigenvalue weighted by Gasteiger charge is -2.24. The molecule has 0 fully saturated rings.